The van der Waals surface area contributed by atoms with E-state index in [1.807, 2.05) is 0 Å². The number of rotatable bonds is 4. The Balaban J connectivity index is 1.64. The van der Waals surface area contributed by atoms with Crippen LogP contribution in [0.3, 0.4) is 0 Å². The third-order valence-electron chi connectivity index (χ3n) is 3.71. The van der Waals surface area contributed by atoms with E-state index in [2.05, 4.69) is 34.5 Å². The van der Waals surface area contributed by atoms with Gasteiger partial charge in [0.15, 0.2) is 0 Å². The van der Waals surface area contributed by atoms with Crippen LogP contribution >= 0.6 is 0 Å². The van der Waals surface area contributed by atoms with Crippen LogP contribution in [0.25, 0.3) is 0 Å². The molecule has 18 heavy (non-hydrogen) atoms. The van der Waals surface area contributed by atoms with Gasteiger partial charge in [0, 0.05) is 31.4 Å². The van der Waals surface area contributed by atoms with Crippen molar-refractivity contribution in [1.29, 1.82) is 0 Å². The van der Waals surface area contributed by atoms with Gasteiger partial charge in [0.2, 0.25) is 0 Å². The average Bonchev–Trinajstić information content (AvgIpc) is 3.24. The highest BCUT2D eigenvalue weighted by Crippen LogP contribution is 2.30. The van der Waals surface area contributed by atoms with Gasteiger partial charge in [-0.25, -0.2) is 0 Å². The van der Waals surface area contributed by atoms with E-state index in [1.165, 1.54) is 24.9 Å². The highest BCUT2D eigenvalue weighted by molar-refractivity contribution is 5.50. The van der Waals surface area contributed by atoms with Crippen molar-refractivity contribution in [3.8, 4) is 5.75 Å². The molecule has 1 heterocycles. The fourth-order valence-electron chi connectivity index (χ4n) is 2.37. The Bertz CT molecular complexity index is 382. The molecule has 0 radical (unpaired) electrons. The van der Waals surface area contributed by atoms with Gasteiger partial charge < -0.3 is 15.0 Å². The molecule has 1 aliphatic carbocycles. The van der Waals surface area contributed by atoms with Crippen molar-refractivity contribution in [2.75, 3.05) is 37.7 Å². The first-order valence-electron chi connectivity index (χ1n) is 7.10. The van der Waals surface area contributed by atoms with Gasteiger partial charge >= 0.3 is 0 Å². The summed E-state index contributed by atoms with van der Waals surface area (Å²) in [5.74, 6) is 1.84. The zero-order chi connectivity index (χ0) is 12.2. The summed E-state index contributed by atoms with van der Waals surface area (Å²) in [6.45, 7) is 5.33. The van der Waals surface area contributed by atoms with Crippen molar-refractivity contribution in [1.82, 2.24) is 5.32 Å². The van der Waals surface area contributed by atoms with Crippen LogP contribution in [-0.4, -0.2) is 32.8 Å². The Morgan fingerprint density at radius 3 is 3.06 bits per heavy atom. The highest BCUT2D eigenvalue weighted by Gasteiger charge is 2.22. The van der Waals surface area contributed by atoms with E-state index in [9.17, 15) is 0 Å². The van der Waals surface area contributed by atoms with Crippen LogP contribution < -0.4 is 15.0 Å². The first-order chi connectivity index (χ1) is 8.92. The highest BCUT2D eigenvalue weighted by atomic mass is 16.5. The third-order valence-corrected chi connectivity index (χ3v) is 3.71. The quantitative estimate of drug-likeness (QED) is 0.882. The molecule has 2 aliphatic rings. The maximum absolute atomic E-state index is 5.85. The van der Waals surface area contributed by atoms with E-state index in [-0.39, 0.29) is 0 Å². The smallest absolute Gasteiger partial charge is 0.121 e. The van der Waals surface area contributed by atoms with E-state index >= 15 is 0 Å². The molecule has 0 spiro atoms. The summed E-state index contributed by atoms with van der Waals surface area (Å²) in [6.07, 6.45) is 3.90. The van der Waals surface area contributed by atoms with Gasteiger partial charge in [0.25, 0.3) is 0 Å². The van der Waals surface area contributed by atoms with Crippen LogP contribution in [-0.2, 0) is 0 Å². The van der Waals surface area contributed by atoms with Crippen molar-refractivity contribution in [3.05, 3.63) is 24.3 Å². The van der Waals surface area contributed by atoms with E-state index < -0.39 is 0 Å². The number of ether oxygens (including phenoxy) is 1. The minimum atomic E-state index is 0.816. The van der Waals surface area contributed by atoms with Gasteiger partial charge in [-0.15, -0.1) is 0 Å². The standard InChI is InChI=1S/C15H22N2O/c1-3-14(17-9-2-7-16-8-10-17)11-15(4-1)18-12-13-5-6-13/h1,3-4,11,13,16H,2,5-10,12H2. The second kappa shape index (κ2) is 5.61. The summed E-state index contributed by atoms with van der Waals surface area (Å²) in [7, 11) is 0. The molecule has 0 aromatic heterocycles. The molecule has 3 nitrogen and oxygen atoms in total. The lowest BCUT2D eigenvalue weighted by Crippen LogP contribution is -2.27. The first-order valence-corrected chi connectivity index (χ1v) is 7.10. The number of anilines is 1. The minimum Gasteiger partial charge on any atom is -0.493 e. The topological polar surface area (TPSA) is 24.5 Å². The van der Waals surface area contributed by atoms with Crippen LogP contribution in [0, 0.1) is 5.92 Å². The maximum atomic E-state index is 5.85. The summed E-state index contributed by atoms with van der Waals surface area (Å²) in [6, 6.07) is 8.56. The molecule has 3 rings (SSSR count). The molecule has 0 unspecified atom stereocenters. The van der Waals surface area contributed by atoms with Crippen molar-refractivity contribution < 1.29 is 4.74 Å². The van der Waals surface area contributed by atoms with Crippen molar-refractivity contribution in [2.45, 2.75) is 19.3 Å². The summed E-state index contributed by atoms with van der Waals surface area (Å²) in [4.78, 5) is 2.45. The van der Waals surface area contributed by atoms with Crippen molar-refractivity contribution in [2.24, 2.45) is 5.92 Å². The second-order valence-corrected chi connectivity index (χ2v) is 5.34. The molecule has 0 amide bonds. The van der Waals surface area contributed by atoms with Crippen LogP contribution in [0.2, 0.25) is 0 Å². The molecule has 1 aromatic carbocycles. The van der Waals surface area contributed by atoms with E-state index in [1.54, 1.807) is 0 Å². The molecular formula is C15H22N2O. The molecule has 0 bridgehead atoms. The van der Waals surface area contributed by atoms with Crippen LogP contribution in [0.4, 0.5) is 5.69 Å². The Labute approximate surface area is 109 Å². The minimum absolute atomic E-state index is 0.816. The van der Waals surface area contributed by atoms with Gasteiger partial charge in [-0.1, -0.05) is 6.07 Å². The maximum Gasteiger partial charge on any atom is 0.121 e. The Kier molecular flexibility index (Phi) is 3.69. The molecule has 1 saturated heterocycles. The number of nitrogens with one attached hydrogen (secondary N) is 1. The van der Waals surface area contributed by atoms with Crippen LogP contribution in [0.15, 0.2) is 24.3 Å². The molecule has 1 aromatic rings. The zero-order valence-corrected chi connectivity index (χ0v) is 10.9. The van der Waals surface area contributed by atoms with Gasteiger partial charge in [-0.3, -0.25) is 0 Å². The summed E-state index contributed by atoms with van der Waals surface area (Å²) in [5.41, 5.74) is 1.30. The molecule has 98 valence electrons. The van der Waals surface area contributed by atoms with E-state index in [0.29, 0.717) is 0 Å². The molecule has 1 saturated carbocycles. The third kappa shape index (κ3) is 3.16. The summed E-state index contributed by atoms with van der Waals surface area (Å²) in [5, 5.41) is 3.44. The number of hydrogen-bond donors (Lipinski definition) is 1. The SMILES string of the molecule is c1cc(OCC2CC2)cc(N2CCCNCC2)c1. The van der Waals surface area contributed by atoms with Crippen LogP contribution in [0.5, 0.6) is 5.75 Å². The number of nitrogens with zero attached hydrogens (tertiary/aromatic N) is 1. The van der Waals surface area contributed by atoms with Crippen LogP contribution in [0.1, 0.15) is 19.3 Å². The Morgan fingerprint density at radius 1 is 1.22 bits per heavy atom. The lowest BCUT2D eigenvalue weighted by atomic mass is 10.2. The predicted octanol–water partition coefficient (Wildman–Crippen LogP) is 2.28. The molecule has 2 fully saturated rings. The molecular weight excluding hydrogens is 224 g/mol. The fourth-order valence-corrected chi connectivity index (χ4v) is 2.37. The Hall–Kier alpha value is -1.22. The molecule has 0 atom stereocenters. The zero-order valence-electron chi connectivity index (χ0n) is 10.9. The van der Waals surface area contributed by atoms with Gasteiger partial charge in [0.1, 0.15) is 5.75 Å². The monoisotopic (exact) mass is 246 g/mol. The predicted molar refractivity (Wildman–Crippen MR) is 74.4 cm³/mol. The van der Waals surface area contributed by atoms with E-state index in [4.69, 9.17) is 4.74 Å². The molecule has 1 N–H and O–H groups in total. The molecule has 3 heteroatoms. The normalized spacial score (nSPS) is 20.6. The molecule has 1 aliphatic heterocycles. The van der Waals surface area contributed by atoms with Crippen molar-refractivity contribution >= 4 is 5.69 Å². The number of hydrogen-bond acceptors (Lipinski definition) is 3. The fraction of sp³-hybridized carbons (Fsp3) is 0.600. The summed E-state index contributed by atoms with van der Waals surface area (Å²) >= 11 is 0. The largest absolute Gasteiger partial charge is 0.493 e. The van der Waals surface area contributed by atoms with Gasteiger partial charge in [-0.2, -0.15) is 0 Å². The lowest BCUT2D eigenvalue weighted by molar-refractivity contribution is 0.300. The second-order valence-electron chi connectivity index (χ2n) is 5.34. The van der Waals surface area contributed by atoms with E-state index in [0.717, 1.165) is 44.5 Å². The van der Waals surface area contributed by atoms with Gasteiger partial charge in [-0.05, 0) is 43.9 Å². The number of benzene rings is 1. The Morgan fingerprint density at radius 2 is 2.17 bits per heavy atom. The van der Waals surface area contributed by atoms with Crippen molar-refractivity contribution in [3.63, 3.8) is 0 Å². The summed E-state index contributed by atoms with van der Waals surface area (Å²) < 4.78 is 5.85. The average molecular weight is 246 g/mol. The first kappa shape index (κ1) is 11.8. The lowest BCUT2D eigenvalue weighted by Gasteiger charge is -2.22. The van der Waals surface area contributed by atoms with Gasteiger partial charge in [0.05, 0.1) is 6.61 Å².